The van der Waals surface area contributed by atoms with E-state index in [4.69, 9.17) is 28.6 Å². The Morgan fingerprint density at radius 2 is 2.19 bits per heavy atom. The molecule has 0 spiro atoms. The second-order valence-electron chi connectivity index (χ2n) is 6.91. The fourth-order valence-electron chi connectivity index (χ4n) is 3.49. The van der Waals surface area contributed by atoms with Crippen LogP contribution < -0.4 is 10.1 Å². The van der Waals surface area contributed by atoms with E-state index in [2.05, 4.69) is 15.5 Å². The summed E-state index contributed by atoms with van der Waals surface area (Å²) in [5.74, 6) is 1.87. The first kappa shape index (κ1) is 19.9. The molecule has 0 bridgehead atoms. The van der Waals surface area contributed by atoms with Gasteiger partial charge in [0.25, 0.3) is 5.91 Å². The second kappa shape index (κ2) is 9.37. The molecule has 3 rings (SSSR count). The van der Waals surface area contributed by atoms with Crippen molar-refractivity contribution >= 4 is 29.7 Å². The maximum atomic E-state index is 12.1. The third kappa shape index (κ3) is 5.32. The molecule has 8 heteroatoms. The van der Waals surface area contributed by atoms with E-state index in [-0.39, 0.29) is 12.5 Å². The number of aromatic nitrogens is 3. The average Bonchev–Trinajstić information content (AvgIpc) is 3.00. The fourth-order valence-corrected chi connectivity index (χ4v) is 3.83. The number of hydrogen-bond acceptors (Lipinski definition) is 4. The van der Waals surface area contributed by atoms with Gasteiger partial charge >= 0.3 is 0 Å². The standard InChI is InChI=1S/C19H25ClN4O2S/c1-24-17(22-23-19(24)27)9-10-21-18(25)12-26-16-8-7-14(20)11-15(16)13-5-3-2-4-6-13/h7-8,11,13H,2-6,9-10,12H2,1H3,(H,21,25)(H,23,27). The van der Waals surface area contributed by atoms with Gasteiger partial charge in [-0.05, 0) is 54.7 Å². The zero-order valence-electron chi connectivity index (χ0n) is 15.5. The summed E-state index contributed by atoms with van der Waals surface area (Å²) < 4.78 is 8.18. The maximum absolute atomic E-state index is 12.1. The molecule has 1 aliphatic rings. The van der Waals surface area contributed by atoms with Gasteiger partial charge in [-0.2, -0.15) is 5.10 Å². The van der Waals surface area contributed by atoms with Crippen molar-refractivity contribution in [1.82, 2.24) is 20.1 Å². The zero-order valence-corrected chi connectivity index (χ0v) is 17.0. The van der Waals surface area contributed by atoms with E-state index in [1.54, 1.807) is 4.57 Å². The van der Waals surface area contributed by atoms with E-state index < -0.39 is 0 Å². The van der Waals surface area contributed by atoms with Crippen molar-refractivity contribution in [3.63, 3.8) is 0 Å². The van der Waals surface area contributed by atoms with E-state index in [0.717, 1.165) is 30.0 Å². The number of carbonyl (C=O) groups is 1. The molecule has 0 radical (unpaired) electrons. The van der Waals surface area contributed by atoms with Gasteiger partial charge in [-0.3, -0.25) is 9.89 Å². The van der Waals surface area contributed by atoms with E-state index >= 15 is 0 Å². The van der Waals surface area contributed by atoms with Crippen molar-refractivity contribution in [3.05, 3.63) is 39.4 Å². The Hall–Kier alpha value is -1.86. The van der Waals surface area contributed by atoms with Crippen molar-refractivity contribution in [2.75, 3.05) is 13.2 Å². The highest BCUT2D eigenvalue weighted by Crippen LogP contribution is 2.38. The molecule has 2 aromatic rings. The Morgan fingerprint density at radius 3 is 2.89 bits per heavy atom. The lowest BCUT2D eigenvalue weighted by Gasteiger charge is -2.24. The fraction of sp³-hybridized carbons (Fsp3) is 0.526. The normalized spacial score (nSPS) is 14.9. The summed E-state index contributed by atoms with van der Waals surface area (Å²) in [6, 6.07) is 5.66. The molecule has 146 valence electrons. The lowest BCUT2D eigenvalue weighted by Crippen LogP contribution is -2.31. The molecule has 2 N–H and O–H groups in total. The highest BCUT2D eigenvalue weighted by atomic mass is 35.5. The molecule has 1 amide bonds. The minimum atomic E-state index is -0.156. The molecule has 27 heavy (non-hydrogen) atoms. The van der Waals surface area contributed by atoms with Crippen LogP contribution in [-0.2, 0) is 18.3 Å². The Balaban J connectivity index is 1.52. The first-order valence-corrected chi connectivity index (χ1v) is 10.1. The topological polar surface area (TPSA) is 71.9 Å². The minimum absolute atomic E-state index is 0.0136. The summed E-state index contributed by atoms with van der Waals surface area (Å²) in [6.07, 6.45) is 6.64. The molecule has 0 unspecified atom stereocenters. The van der Waals surface area contributed by atoms with Gasteiger partial charge in [0, 0.05) is 25.0 Å². The van der Waals surface area contributed by atoms with Crippen LogP contribution in [0.5, 0.6) is 5.75 Å². The highest BCUT2D eigenvalue weighted by Gasteiger charge is 2.20. The van der Waals surface area contributed by atoms with E-state index in [0.29, 0.717) is 28.7 Å². The minimum Gasteiger partial charge on any atom is -0.483 e. The highest BCUT2D eigenvalue weighted by molar-refractivity contribution is 7.71. The lowest BCUT2D eigenvalue weighted by molar-refractivity contribution is -0.123. The molecule has 1 aromatic heterocycles. The summed E-state index contributed by atoms with van der Waals surface area (Å²) in [4.78, 5) is 12.1. The zero-order chi connectivity index (χ0) is 19.2. The number of rotatable bonds is 7. The number of ether oxygens (including phenoxy) is 1. The number of carbonyl (C=O) groups excluding carboxylic acids is 1. The van der Waals surface area contributed by atoms with Crippen LogP contribution in [0, 0.1) is 4.77 Å². The summed E-state index contributed by atoms with van der Waals surface area (Å²) in [5, 5.41) is 10.4. The molecule has 1 aromatic carbocycles. The molecule has 0 aliphatic heterocycles. The largest absolute Gasteiger partial charge is 0.483 e. The molecular weight excluding hydrogens is 384 g/mol. The van der Waals surface area contributed by atoms with Crippen LogP contribution in [0.4, 0.5) is 0 Å². The SMILES string of the molecule is Cn1c(CCNC(=O)COc2ccc(Cl)cc2C2CCCCC2)n[nH]c1=S. The van der Waals surface area contributed by atoms with Crippen LogP contribution in [0.3, 0.4) is 0 Å². The van der Waals surface area contributed by atoms with Crippen LogP contribution >= 0.6 is 23.8 Å². The number of halogens is 1. The molecular formula is C19H25ClN4O2S. The third-order valence-corrected chi connectivity index (χ3v) is 5.62. The lowest BCUT2D eigenvalue weighted by atomic mass is 9.84. The van der Waals surface area contributed by atoms with E-state index in [1.165, 1.54) is 19.3 Å². The first-order chi connectivity index (χ1) is 13.0. The van der Waals surface area contributed by atoms with Crippen molar-refractivity contribution in [3.8, 4) is 5.75 Å². The molecule has 1 fully saturated rings. The van der Waals surface area contributed by atoms with Crippen LogP contribution in [-0.4, -0.2) is 33.8 Å². The van der Waals surface area contributed by atoms with E-state index in [9.17, 15) is 4.79 Å². The van der Waals surface area contributed by atoms with Gasteiger partial charge in [0.15, 0.2) is 11.4 Å². The van der Waals surface area contributed by atoms with Gasteiger partial charge < -0.3 is 14.6 Å². The van der Waals surface area contributed by atoms with Gasteiger partial charge in [0.05, 0.1) is 0 Å². The number of H-pyrrole nitrogens is 1. The summed E-state index contributed by atoms with van der Waals surface area (Å²) in [7, 11) is 1.85. The first-order valence-electron chi connectivity index (χ1n) is 9.34. The van der Waals surface area contributed by atoms with Crippen molar-refractivity contribution in [1.29, 1.82) is 0 Å². The quantitative estimate of drug-likeness (QED) is 0.681. The molecule has 0 saturated heterocycles. The smallest absolute Gasteiger partial charge is 0.257 e. The van der Waals surface area contributed by atoms with Crippen LogP contribution in [0.15, 0.2) is 18.2 Å². The van der Waals surface area contributed by atoms with Crippen molar-refractivity contribution in [2.24, 2.45) is 7.05 Å². The maximum Gasteiger partial charge on any atom is 0.257 e. The monoisotopic (exact) mass is 408 g/mol. The van der Waals surface area contributed by atoms with E-state index in [1.807, 2.05) is 25.2 Å². The summed E-state index contributed by atoms with van der Waals surface area (Å²) >= 11 is 11.3. The second-order valence-corrected chi connectivity index (χ2v) is 7.73. The summed E-state index contributed by atoms with van der Waals surface area (Å²) in [5.41, 5.74) is 1.12. The van der Waals surface area contributed by atoms with Crippen LogP contribution in [0.2, 0.25) is 5.02 Å². The number of hydrogen-bond donors (Lipinski definition) is 2. The number of amides is 1. The third-order valence-electron chi connectivity index (χ3n) is 5.02. The Bertz CT molecular complexity index is 842. The van der Waals surface area contributed by atoms with Gasteiger partial charge in [0.2, 0.25) is 0 Å². The van der Waals surface area contributed by atoms with Gasteiger partial charge in [-0.1, -0.05) is 30.9 Å². The molecule has 0 atom stereocenters. The Morgan fingerprint density at radius 1 is 1.41 bits per heavy atom. The number of aromatic amines is 1. The Kier molecular flexibility index (Phi) is 6.90. The molecule has 1 saturated carbocycles. The number of nitrogens with one attached hydrogen (secondary N) is 2. The predicted octanol–water partition coefficient (Wildman–Crippen LogP) is 3.92. The number of benzene rings is 1. The predicted molar refractivity (Wildman–Crippen MR) is 108 cm³/mol. The van der Waals surface area contributed by atoms with Gasteiger partial charge in [0.1, 0.15) is 11.6 Å². The number of nitrogens with zero attached hydrogens (tertiary/aromatic N) is 2. The van der Waals surface area contributed by atoms with Crippen LogP contribution in [0.25, 0.3) is 0 Å². The molecule has 1 heterocycles. The molecule has 6 nitrogen and oxygen atoms in total. The Labute approximate surface area is 169 Å². The van der Waals surface area contributed by atoms with Crippen molar-refractivity contribution < 1.29 is 9.53 Å². The summed E-state index contributed by atoms with van der Waals surface area (Å²) in [6.45, 7) is 0.464. The van der Waals surface area contributed by atoms with Gasteiger partial charge in [-0.15, -0.1) is 0 Å². The van der Waals surface area contributed by atoms with Crippen molar-refractivity contribution in [2.45, 2.75) is 44.4 Å². The van der Waals surface area contributed by atoms with Gasteiger partial charge in [-0.25, -0.2) is 0 Å². The average molecular weight is 409 g/mol. The van der Waals surface area contributed by atoms with Crippen LogP contribution in [0.1, 0.15) is 49.4 Å². The molecule has 1 aliphatic carbocycles.